The Morgan fingerprint density at radius 2 is 2.24 bits per heavy atom. The van der Waals surface area contributed by atoms with Gasteiger partial charge in [0.1, 0.15) is 6.04 Å². The zero-order chi connectivity index (χ0) is 15.9. The zero-order valence-corrected chi connectivity index (χ0v) is 12.2. The zero-order valence-electron chi connectivity index (χ0n) is 11.4. The van der Waals surface area contributed by atoms with Crippen LogP contribution in [0.3, 0.4) is 0 Å². The van der Waals surface area contributed by atoms with Gasteiger partial charge in [-0.15, -0.1) is 0 Å². The van der Waals surface area contributed by atoms with Gasteiger partial charge in [0.05, 0.1) is 19.2 Å². The van der Waals surface area contributed by atoms with E-state index in [-0.39, 0.29) is 25.0 Å². The highest BCUT2D eigenvalue weighted by atomic mass is 32.2. The lowest BCUT2D eigenvalue weighted by Crippen LogP contribution is -2.43. The number of esters is 1. The van der Waals surface area contributed by atoms with E-state index in [1.165, 1.54) is 19.6 Å². The van der Waals surface area contributed by atoms with Crippen molar-refractivity contribution in [3.8, 4) is 0 Å². The second-order valence-corrected chi connectivity index (χ2v) is 6.16. The quantitative estimate of drug-likeness (QED) is 0.510. The summed E-state index contributed by atoms with van der Waals surface area (Å²) in [5, 5.41) is 9.05. The van der Waals surface area contributed by atoms with Gasteiger partial charge in [-0.2, -0.15) is 0 Å². The van der Waals surface area contributed by atoms with Crippen LogP contribution in [-0.4, -0.2) is 54.3 Å². The molecule has 0 aromatic carbocycles. The first-order chi connectivity index (χ1) is 9.84. The predicted molar refractivity (Wildman–Crippen MR) is 71.9 cm³/mol. The number of aromatic amines is 1. The number of rotatable bonds is 9. The van der Waals surface area contributed by atoms with Crippen molar-refractivity contribution in [2.24, 2.45) is 0 Å². The van der Waals surface area contributed by atoms with Crippen LogP contribution in [0.5, 0.6) is 0 Å². The van der Waals surface area contributed by atoms with Crippen LogP contribution in [0.1, 0.15) is 18.5 Å². The van der Waals surface area contributed by atoms with Crippen molar-refractivity contribution in [2.75, 3.05) is 12.9 Å². The molecule has 1 atom stereocenters. The van der Waals surface area contributed by atoms with E-state index in [0.29, 0.717) is 5.69 Å². The summed E-state index contributed by atoms with van der Waals surface area (Å²) >= 11 is 0. The molecule has 0 saturated heterocycles. The highest BCUT2D eigenvalue weighted by Gasteiger charge is 2.24. The van der Waals surface area contributed by atoms with E-state index in [1.807, 2.05) is 0 Å². The molecule has 1 aromatic rings. The molecule has 1 rings (SSSR count). The van der Waals surface area contributed by atoms with Gasteiger partial charge in [-0.1, -0.05) is 0 Å². The fourth-order valence-electron chi connectivity index (χ4n) is 1.58. The number of imidazole rings is 1. The van der Waals surface area contributed by atoms with Crippen LogP contribution >= 0.6 is 0 Å². The Bertz CT molecular complexity index is 569. The number of nitrogens with zero attached hydrogens (tertiary/aromatic N) is 1. The number of carboxylic acids is 1. The molecule has 0 unspecified atom stereocenters. The molecular formula is C11H17N3O6S. The molecule has 9 nitrogen and oxygen atoms in total. The van der Waals surface area contributed by atoms with E-state index in [9.17, 15) is 18.0 Å². The molecule has 0 bridgehead atoms. The normalized spacial score (nSPS) is 12.8. The number of ether oxygens (including phenoxy) is 1. The van der Waals surface area contributed by atoms with Gasteiger partial charge in [-0.05, 0) is 6.42 Å². The molecular weight excluding hydrogens is 302 g/mol. The fraction of sp³-hybridized carbons (Fsp3) is 0.545. The van der Waals surface area contributed by atoms with Crippen molar-refractivity contribution in [1.82, 2.24) is 14.7 Å². The first kappa shape index (κ1) is 17.1. The minimum Gasteiger partial charge on any atom is -0.480 e. The molecule has 0 spiro atoms. The predicted octanol–water partition coefficient (Wildman–Crippen LogP) is -0.722. The number of methoxy groups -OCH3 is 1. The highest BCUT2D eigenvalue weighted by molar-refractivity contribution is 7.89. The van der Waals surface area contributed by atoms with Crippen molar-refractivity contribution in [3.05, 3.63) is 18.2 Å². The second kappa shape index (κ2) is 7.74. The van der Waals surface area contributed by atoms with E-state index < -0.39 is 28.0 Å². The second-order valence-electron chi connectivity index (χ2n) is 4.29. The molecule has 0 saturated carbocycles. The molecule has 0 amide bonds. The van der Waals surface area contributed by atoms with E-state index in [2.05, 4.69) is 19.4 Å². The fourth-order valence-corrected chi connectivity index (χ4v) is 2.84. The van der Waals surface area contributed by atoms with Gasteiger partial charge in [0.25, 0.3) is 0 Å². The lowest BCUT2D eigenvalue weighted by Gasteiger charge is -2.13. The summed E-state index contributed by atoms with van der Waals surface area (Å²) in [6.07, 6.45) is 2.75. The van der Waals surface area contributed by atoms with Gasteiger partial charge in [-0.25, -0.2) is 18.1 Å². The van der Waals surface area contributed by atoms with Gasteiger partial charge < -0.3 is 14.8 Å². The summed E-state index contributed by atoms with van der Waals surface area (Å²) in [6.45, 7) is 0. The van der Waals surface area contributed by atoms with E-state index >= 15 is 0 Å². The van der Waals surface area contributed by atoms with Crippen LogP contribution in [0.25, 0.3) is 0 Å². The first-order valence-electron chi connectivity index (χ1n) is 6.11. The summed E-state index contributed by atoms with van der Waals surface area (Å²) < 4.78 is 30.1. The van der Waals surface area contributed by atoms with E-state index in [0.717, 1.165) is 0 Å². The molecule has 118 valence electrons. The highest BCUT2D eigenvalue weighted by Crippen LogP contribution is 2.03. The number of hydrogen-bond donors (Lipinski definition) is 3. The van der Waals surface area contributed by atoms with Gasteiger partial charge in [0.2, 0.25) is 10.0 Å². The summed E-state index contributed by atoms with van der Waals surface area (Å²) in [5.41, 5.74) is 0.500. The molecule has 1 heterocycles. The number of sulfonamides is 1. The monoisotopic (exact) mass is 319 g/mol. The standard InChI is InChI=1S/C11H17N3O6S/c1-20-10(15)3-2-4-21(18,19)14-9(11(16)17)5-8-6-12-7-13-8/h6-7,9,14H,2-5H2,1H3,(H,12,13)(H,16,17)/t9-/m1/s1. The average molecular weight is 319 g/mol. The molecule has 3 N–H and O–H groups in total. The number of carbonyl (C=O) groups is 2. The number of aliphatic carboxylic acids is 1. The van der Waals surface area contributed by atoms with Crippen LogP contribution in [-0.2, 0) is 30.8 Å². The summed E-state index contributed by atoms with van der Waals surface area (Å²) in [6, 6.07) is -1.30. The van der Waals surface area contributed by atoms with Crippen LogP contribution in [0.15, 0.2) is 12.5 Å². The van der Waals surface area contributed by atoms with E-state index in [1.54, 1.807) is 0 Å². The number of aromatic nitrogens is 2. The van der Waals surface area contributed by atoms with Crippen molar-refractivity contribution in [3.63, 3.8) is 0 Å². The molecule has 0 aliphatic heterocycles. The summed E-state index contributed by atoms with van der Waals surface area (Å²) in [7, 11) is -2.60. The lowest BCUT2D eigenvalue weighted by molar-refractivity contribution is -0.141. The average Bonchev–Trinajstić information content (AvgIpc) is 2.90. The largest absolute Gasteiger partial charge is 0.480 e. The number of H-pyrrole nitrogens is 1. The van der Waals surface area contributed by atoms with Gasteiger partial charge >= 0.3 is 11.9 Å². The Balaban J connectivity index is 2.56. The molecule has 1 aromatic heterocycles. The molecule has 21 heavy (non-hydrogen) atoms. The molecule has 0 fully saturated rings. The SMILES string of the molecule is COC(=O)CCCS(=O)(=O)N[C@H](Cc1cnc[nH]1)C(=O)O. The van der Waals surface area contributed by atoms with Crippen molar-refractivity contribution >= 4 is 22.0 Å². The van der Waals surface area contributed by atoms with Crippen LogP contribution in [0.4, 0.5) is 0 Å². The maximum Gasteiger partial charge on any atom is 0.322 e. The Kier molecular flexibility index (Phi) is 6.31. The van der Waals surface area contributed by atoms with Crippen LogP contribution in [0, 0.1) is 0 Å². The Labute approximate surface area is 121 Å². The summed E-state index contributed by atoms with van der Waals surface area (Å²) in [4.78, 5) is 28.4. The molecule has 0 aliphatic carbocycles. The lowest BCUT2D eigenvalue weighted by atomic mass is 10.2. The topological polar surface area (TPSA) is 138 Å². The van der Waals surface area contributed by atoms with Crippen molar-refractivity contribution < 1.29 is 27.9 Å². The van der Waals surface area contributed by atoms with Crippen LogP contribution in [0.2, 0.25) is 0 Å². The Morgan fingerprint density at radius 3 is 2.76 bits per heavy atom. The third-order valence-corrected chi connectivity index (χ3v) is 4.09. The van der Waals surface area contributed by atoms with Gasteiger partial charge in [0.15, 0.2) is 0 Å². The number of hydrogen-bond acceptors (Lipinski definition) is 6. The molecule has 10 heteroatoms. The minimum atomic E-state index is -3.81. The molecule has 0 aliphatic rings. The first-order valence-corrected chi connectivity index (χ1v) is 7.76. The minimum absolute atomic E-state index is 0.0459. The van der Waals surface area contributed by atoms with Crippen LogP contribution < -0.4 is 4.72 Å². The van der Waals surface area contributed by atoms with Crippen molar-refractivity contribution in [2.45, 2.75) is 25.3 Å². The Hall–Kier alpha value is -1.94. The van der Waals surface area contributed by atoms with Gasteiger partial charge in [0, 0.05) is 24.7 Å². The number of carbonyl (C=O) groups excluding carboxylic acids is 1. The number of nitrogens with one attached hydrogen (secondary N) is 2. The third-order valence-electron chi connectivity index (χ3n) is 2.62. The maximum atomic E-state index is 11.8. The smallest absolute Gasteiger partial charge is 0.322 e. The summed E-state index contributed by atoms with van der Waals surface area (Å²) in [5.74, 6) is -2.16. The van der Waals surface area contributed by atoms with Crippen molar-refractivity contribution in [1.29, 1.82) is 0 Å². The van der Waals surface area contributed by atoms with Gasteiger partial charge in [-0.3, -0.25) is 9.59 Å². The maximum absolute atomic E-state index is 11.8. The van der Waals surface area contributed by atoms with E-state index in [4.69, 9.17) is 5.11 Å². The third kappa shape index (κ3) is 6.36. The Morgan fingerprint density at radius 1 is 1.52 bits per heavy atom. The molecule has 0 radical (unpaired) electrons. The number of carboxylic acid groups (broad SMARTS) is 1.